The fourth-order valence-corrected chi connectivity index (χ4v) is 4.30. The summed E-state index contributed by atoms with van der Waals surface area (Å²) in [7, 11) is 0. The molecule has 2 N–H and O–H groups in total. The van der Waals surface area contributed by atoms with E-state index in [1.54, 1.807) is 24.3 Å². The van der Waals surface area contributed by atoms with Gasteiger partial charge in [-0.15, -0.1) is 0 Å². The molecular formula is C25H21ClN4O. The number of nitrogens with one attached hydrogen (secondary N) is 2. The van der Waals surface area contributed by atoms with Crippen molar-refractivity contribution in [1.29, 1.82) is 0 Å². The molecule has 2 heterocycles. The van der Waals surface area contributed by atoms with Crippen molar-refractivity contribution in [2.75, 3.05) is 10.6 Å². The Hall–Kier alpha value is -3.57. The normalized spacial score (nSPS) is 15.5. The van der Waals surface area contributed by atoms with Gasteiger partial charge in [0.1, 0.15) is 0 Å². The number of carbonyl (C=O) groups is 1. The zero-order valence-corrected chi connectivity index (χ0v) is 17.9. The molecule has 0 fully saturated rings. The molecule has 31 heavy (non-hydrogen) atoms. The molecule has 1 amide bonds. The van der Waals surface area contributed by atoms with Crippen molar-refractivity contribution in [2.24, 2.45) is 0 Å². The average Bonchev–Trinajstić information content (AvgIpc) is 3.12. The Bertz CT molecular complexity index is 1340. The number of halogens is 1. The molecule has 0 bridgehead atoms. The van der Waals surface area contributed by atoms with Crippen LogP contribution in [0.25, 0.3) is 11.0 Å². The Balaban J connectivity index is 1.67. The number of benzene rings is 3. The first-order valence-corrected chi connectivity index (χ1v) is 10.5. The molecule has 5 nitrogen and oxygen atoms in total. The zero-order chi connectivity index (χ0) is 21.5. The van der Waals surface area contributed by atoms with Gasteiger partial charge in [-0.05, 0) is 61.4 Å². The largest absolute Gasteiger partial charge is 0.329 e. The second-order valence-corrected chi connectivity index (χ2v) is 8.11. The van der Waals surface area contributed by atoms with Gasteiger partial charge in [0.05, 0.1) is 22.6 Å². The van der Waals surface area contributed by atoms with Gasteiger partial charge in [0, 0.05) is 16.4 Å². The predicted molar refractivity (Wildman–Crippen MR) is 125 cm³/mol. The molecule has 4 aromatic rings. The molecule has 0 saturated carbocycles. The first kappa shape index (κ1) is 19.4. The number of imidazole rings is 1. The molecule has 5 rings (SSSR count). The van der Waals surface area contributed by atoms with Crippen molar-refractivity contribution >= 4 is 40.2 Å². The lowest BCUT2D eigenvalue weighted by molar-refractivity contribution is -0.113. The molecule has 1 aromatic heterocycles. The Morgan fingerprint density at radius 1 is 1.00 bits per heavy atom. The standard InChI is InChI=1S/C25H21ClN4O/c1-15-7-3-4-8-19(15)23-22(24(31)28-18-13-11-17(26)12-14-18)16(2)27-25-29-20-9-5-6-10-21(20)30(23)25/h3-14,23H,1-2H3,(H,27,29)(H,28,31)/t23-/m1/s1. The number of aryl methyl sites for hydroxylation is 1. The van der Waals surface area contributed by atoms with Gasteiger partial charge in [0.2, 0.25) is 5.95 Å². The van der Waals surface area contributed by atoms with Crippen LogP contribution in [-0.4, -0.2) is 15.5 Å². The van der Waals surface area contributed by atoms with Crippen LogP contribution in [0.4, 0.5) is 11.6 Å². The molecular weight excluding hydrogens is 408 g/mol. The first-order chi connectivity index (χ1) is 15.0. The SMILES string of the molecule is CC1=C(C(=O)Nc2ccc(Cl)cc2)[C@@H](c2ccccc2C)n2c(nc3ccccc32)N1. The van der Waals surface area contributed by atoms with Gasteiger partial charge in [0.25, 0.3) is 5.91 Å². The number of aromatic nitrogens is 2. The van der Waals surface area contributed by atoms with E-state index in [9.17, 15) is 4.79 Å². The van der Waals surface area contributed by atoms with Crippen LogP contribution < -0.4 is 10.6 Å². The van der Waals surface area contributed by atoms with Crippen LogP contribution >= 0.6 is 11.6 Å². The van der Waals surface area contributed by atoms with E-state index in [1.165, 1.54) is 0 Å². The third kappa shape index (κ3) is 3.37. The maximum Gasteiger partial charge on any atom is 0.255 e. The molecule has 0 saturated heterocycles. The van der Waals surface area contributed by atoms with Gasteiger partial charge in [-0.3, -0.25) is 9.36 Å². The highest BCUT2D eigenvalue weighted by Crippen LogP contribution is 2.40. The lowest BCUT2D eigenvalue weighted by atomic mass is 9.91. The van der Waals surface area contributed by atoms with Crippen molar-refractivity contribution < 1.29 is 4.79 Å². The van der Waals surface area contributed by atoms with E-state index < -0.39 is 0 Å². The number of para-hydroxylation sites is 2. The molecule has 0 unspecified atom stereocenters. The van der Waals surface area contributed by atoms with E-state index in [0.29, 0.717) is 16.3 Å². The number of carbonyl (C=O) groups excluding carboxylic acids is 1. The molecule has 0 spiro atoms. The van der Waals surface area contributed by atoms with Gasteiger partial charge < -0.3 is 10.6 Å². The third-order valence-corrected chi connectivity index (χ3v) is 5.91. The van der Waals surface area contributed by atoms with Crippen LogP contribution in [0.5, 0.6) is 0 Å². The summed E-state index contributed by atoms with van der Waals surface area (Å²) in [6.45, 7) is 3.99. The van der Waals surface area contributed by atoms with Crippen molar-refractivity contribution in [2.45, 2.75) is 19.9 Å². The van der Waals surface area contributed by atoms with E-state index in [4.69, 9.17) is 16.6 Å². The minimum absolute atomic E-state index is 0.163. The summed E-state index contributed by atoms with van der Waals surface area (Å²) in [6, 6.07) is 23.0. The fraction of sp³-hybridized carbons (Fsp3) is 0.120. The van der Waals surface area contributed by atoms with Gasteiger partial charge in [-0.2, -0.15) is 0 Å². The van der Waals surface area contributed by atoms with Gasteiger partial charge in [0.15, 0.2) is 0 Å². The zero-order valence-electron chi connectivity index (χ0n) is 17.2. The molecule has 1 atom stereocenters. The number of hydrogen-bond acceptors (Lipinski definition) is 3. The summed E-state index contributed by atoms with van der Waals surface area (Å²) >= 11 is 6.00. The van der Waals surface area contributed by atoms with Crippen LogP contribution in [0.15, 0.2) is 84.1 Å². The Morgan fingerprint density at radius 3 is 2.48 bits per heavy atom. The average molecular weight is 429 g/mol. The second-order valence-electron chi connectivity index (χ2n) is 7.68. The van der Waals surface area contributed by atoms with E-state index in [2.05, 4.69) is 34.3 Å². The Kier molecular flexibility index (Phi) is 4.75. The molecule has 3 aromatic carbocycles. The Labute approximate surface area is 185 Å². The molecule has 1 aliphatic rings. The number of amides is 1. The van der Waals surface area contributed by atoms with Crippen molar-refractivity contribution in [3.63, 3.8) is 0 Å². The van der Waals surface area contributed by atoms with Crippen LogP contribution in [0, 0.1) is 6.92 Å². The number of allylic oxidation sites excluding steroid dienone is 1. The summed E-state index contributed by atoms with van der Waals surface area (Å²) in [6.07, 6.45) is 0. The molecule has 0 aliphatic carbocycles. The van der Waals surface area contributed by atoms with Crippen LogP contribution in [0.2, 0.25) is 5.02 Å². The molecule has 0 radical (unpaired) electrons. The quantitative estimate of drug-likeness (QED) is 0.425. The number of rotatable bonds is 3. The lowest BCUT2D eigenvalue weighted by Crippen LogP contribution is -2.31. The van der Waals surface area contributed by atoms with Crippen LogP contribution in [-0.2, 0) is 4.79 Å². The number of hydrogen-bond donors (Lipinski definition) is 2. The minimum Gasteiger partial charge on any atom is -0.329 e. The van der Waals surface area contributed by atoms with Crippen molar-refractivity contribution in [1.82, 2.24) is 9.55 Å². The number of fused-ring (bicyclic) bond motifs is 3. The highest BCUT2D eigenvalue weighted by Gasteiger charge is 2.34. The summed E-state index contributed by atoms with van der Waals surface area (Å²) in [5.41, 5.74) is 6.16. The van der Waals surface area contributed by atoms with Crippen molar-refractivity contribution in [3.8, 4) is 0 Å². The maximum absolute atomic E-state index is 13.5. The summed E-state index contributed by atoms with van der Waals surface area (Å²) < 4.78 is 2.11. The van der Waals surface area contributed by atoms with E-state index in [0.717, 1.165) is 33.8 Å². The smallest absolute Gasteiger partial charge is 0.255 e. The highest BCUT2D eigenvalue weighted by atomic mass is 35.5. The number of anilines is 2. The fourth-order valence-electron chi connectivity index (χ4n) is 4.18. The first-order valence-electron chi connectivity index (χ1n) is 10.1. The monoisotopic (exact) mass is 428 g/mol. The minimum atomic E-state index is -0.308. The molecule has 154 valence electrons. The summed E-state index contributed by atoms with van der Waals surface area (Å²) in [5.74, 6) is 0.569. The predicted octanol–water partition coefficient (Wildman–Crippen LogP) is 5.93. The van der Waals surface area contributed by atoms with Gasteiger partial charge >= 0.3 is 0 Å². The van der Waals surface area contributed by atoms with Gasteiger partial charge in [-0.1, -0.05) is 48.0 Å². The highest BCUT2D eigenvalue weighted by molar-refractivity contribution is 6.30. The van der Waals surface area contributed by atoms with E-state index in [1.807, 2.05) is 43.3 Å². The topological polar surface area (TPSA) is 59.0 Å². The van der Waals surface area contributed by atoms with Crippen molar-refractivity contribution in [3.05, 3.63) is 100 Å². The van der Waals surface area contributed by atoms with E-state index >= 15 is 0 Å². The van der Waals surface area contributed by atoms with E-state index in [-0.39, 0.29) is 11.9 Å². The summed E-state index contributed by atoms with van der Waals surface area (Å²) in [4.78, 5) is 18.3. The van der Waals surface area contributed by atoms with Gasteiger partial charge in [-0.25, -0.2) is 4.98 Å². The third-order valence-electron chi connectivity index (χ3n) is 5.66. The lowest BCUT2D eigenvalue weighted by Gasteiger charge is -2.31. The van der Waals surface area contributed by atoms with Crippen LogP contribution in [0.1, 0.15) is 24.1 Å². The molecule has 6 heteroatoms. The maximum atomic E-state index is 13.5. The Morgan fingerprint density at radius 2 is 1.71 bits per heavy atom. The van der Waals surface area contributed by atoms with Crippen LogP contribution in [0.3, 0.4) is 0 Å². The summed E-state index contributed by atoms with van der Waals surface area (Å²) in [5, 5.41) is 7.00. The second kappa shape index (κ2) is 7.60. The number of nitrogens with zero attached hydrogens (tertiary/aromatic N) is 2. The molecule has 1 aliphatic heterocycles.